The number of nitrogens with zero attached hydrogens (tertiary/aromatic N) is 2. The summed E-state index contributed by atoms with van der Waals surface area (Å²) in [6.45, 7) is 0. The largest absolute Gasteiger partial charge is 0.530 e. The van der Waals surface area contributed by atoms with E-state index in [1.54, 1.807) is 22.9 Å². The summed E-state index contributed by atoms with van der Waals surface area (Å²) in [5.74, 6) is 0.301. The lowest BCUT2D eigenvalue weighted by Crippen LogP contribution is -2.35. The lowest BCUT2D eigenvalue weighted by molar-refractivity contribution is -0.671. The Balaban J connectivity index is 0.000000255. The molecule has 5 heteroatoms. The second-order valence-electron chi connectivity index (χ2n) is 2.89. The SMILES string of the molecule is CN(C)C(=O)[O-].C[n+]1cccc(O)c1. The highest BCUT2D eigenvalue weighted by Gasteiger charge is 1.89. The van der Waals surface area contributed by atoms with E-state index in [0.717, 1.165) is 4.90 Å². The first-order valence-electron chi connectivity index (χ1n) is 3.96. The molecule has 0 atom stereocenters. The molecule has 1 aromatic rings. The lowest BCUT2D eigenvalue weighted by Gasteiger charge is -2.10. The van der Waals surface area contributed by atoms with Crippen LogP contribution in [0.4, 0.5) is 4.79 Å². The van der Waals surface area contributed by atoms with E-state index in [2.05, 4.69) is 0 Å². The van der Waals surface area contributed by atoms with Crippen LogP contribution in [0, 0.1) is 0 Å². The highest BCUT2D eigenvalue weighted by molar-refractivity contribution is 5.61. The van der Waals surface area contributed by atoms with E-state index in [0.29, 0.717) is 5.75 Å². The number of carbonyl (C=O) groups is 1. The van der Waals surface area contributed by atoms with Gasteiger partial charge in [-0.1, -0.05) is 0 Å². The summed E-state index contributed by atoms with van der Waals surface area (Å²) in [5.41, 5.74) is 0. The molecule has 1 amide bonds. The van der Waals surface area contributed by atoms with Gasteiger partial charge in [-0.15, -0.1) is 0 Å². The number of carbonyl (C=O) groups excluding carboxylic acids is 1. The molecule has 0 radical (unpaired) electrons. The molecular weight excluding hydrogens is 184 g/mol. The Hall–Kier alpha value is -1.78. The summed E-state index contributed by atoms with van der Waals surface area (Å²) >= 11 is 0. The minimum atomic E-state index is -1.16. The maximum absolute atomic E-state index is 9.51. The Labute approximate surface area is 82.8 Å². The summed E-state index contributed by atoms with van der Waals surface area (Å²) in [4.78, 5) is 10.5. The van der Waals surface area contributed by atoms with Gasteiger partial charge in [0.1, 0.15) is 13.1 Å². The van der Waals surface area contributed by atoms with E-state index in [9.17, 15) is 9.90 Å². The van der Waals surface area contributed by atoms with Gasteiger partial charge >= 0.3 is 0 Å². The molecule has 0 unspecified atom stereocenters. The Morgan fingerprint density at radius 2 is 2.07 bits per heavy atom. The van der Waals surface area contributed by atoms with Gasteiger partial charge in [-0.25, -0.2) is 4.57 Å². The van der Waals surface area contributed by atoms with Crippen LogP contribution in [0.5, 0.6) is 5.75 Å². The molecule has 0 bridgehead atoms. The Kier molecular flexibility index (Phi) is 5.06. The molecule has 0 spiro atoms. The third-order valence-corrected chi connectivity index (χ3v) is 1.29. The Bertz CT molecular complexity index is 283. The fraction of sp³-hybridized carbons (Fsp3) is 0.333. The molecule has 0 saturated heterocycles. The van der Waals surface area contributed by atoms with Crippen molar-refractivity contribution in [1.29, 1.82) is 0 Å². The van der Waals surface area contributed by atoms with Crippen molar-refractivity contribution in [1.82, 2.24) is 4.90 Å². The number of aryl methyl sites for hydroxylation is 1. The lowest BCUT2D eigenvalue weighted by atomic mass is 10.5. The average Bonchev–Trinajstić information content (AvgIpc) is 2.04. The fourth-order valence-electron chi connectivity index (χ4n) is 0.572. The van der Waals surface area contributed by atoms with Crippen molar-refractivity contribution in [3.8, 4) is 5.75 Å². The highest BCUT2D eigenvalue weighted by Crippen LogP contribution is 1.98. The first-order chi connectivity index (χ1) is 6.43. The number of pyridine rings is 1. The standard InChI is InChI=1S/C6H7NO.C3H7NO2/c1-7-4-2-3-6(8)5-7;1-4(2)3(5)6/h2-5H,1H3;1-2H3,(H,5,6). The van der Waals surface area contributed by atoms with Gasteiger partial charge in [-0.2, -0.15) is 0 Å². The minimum Gasteiger partial charge on any atom is -0.530 e. The van der Waals surface area contributed by atoms with Crippen molar-refractivity contribution < 1.29 is 19.6 Å². The molecule has 1 heterocycles. The number of carboxylic acid groups (broad SMARTS) is 1. The summed E-state index contributed by atoms with van der Waals surface area (Å²) in [7, 11) is 4.68. The van der Waals surface area contributed by atoms with Gasteiger partial charge in [0.15, 0.2) is 11.9 Å². The Morgan fingerprint density at radius 3 is 2.29 bits per heavy atom. The van der Waals surface area contributed by atoms with Gasteiger partial charge in [0.2, 0.25) is 6.20 Å². The van der Waals surface area contributed by atoms with Crippen LogP contribution in [0.15, 0.2) is 24.5 Å². The normalized spacial score (nSPS) is 8.50. The zero-order valence-corrected chi connectivity index (χ0v) is 8.47. The summed E-state index contributed by atoms with van der Waals surface area (Å²) < 4.78 is 1.79. The first-order valence-corrected chi connectivity index (χ1v) is 3.96. The van der Waals surface area contributed by atoms with Crippen LogP contribution < -0.4 is 9.67 Å². The Morgan fingerprint density at radius 1 is 1.57 bits per heavy atom. The van der Waals surface area contributed by atoms with E-state index in [-0.39, 0.29) is 0 Å². The number of rotatable bonds is 0. The van der Waals surface area contributed by atoms with Crippen molar-refractivity contribution >= 4 is 6.09 Å². The molecule has 0 aliphatic heterocycles. The molecule has 0 fully saturated rings. The van der Waals surface area contributed by atoms with Crippen molar-refractivity contribution in [2.45, 2.75) is 0 Å². The average molecular weight is 198 g/mol. The second kappa shape index (κ2) is 5.80. The summed E-state index contributed by atoms with van der Waals surface area (Å²) in [6, 6.07) is 3.43. The van der Waals surface area contributed by atoms with Crippen molar-refractivity contribution in [3.05, 3.63) is 24.5 Å². The van der Waals surface area contributed by atoms with E-state index in [1.807, 2.05) is 13.2 Å². The van der Waals surface area contributed by atoms with Gasteiger partial charge < -0.3 is 19.9 Å². The van der Waals surface area contributed by atoms with Crippen LogP contribution in [0.25, 0.3) is 0 Å². The van der Waals surface area contributed by atoms with E-state index >= 15 is 0 Å². The second-order valence-corrected chi connectivity index (χ2v) is 2.89. The van der Waals surface area contributed by atoms with Gasteiger partial charge in [0.25, 0.3) is 0 Å². The number of hydrogen-bond donors (Lipinski definition) is 1. The van der Waals surface area contributed by atoms with Gasteiger partial charge in [0, 0.05) is 20.2 Å². The van der Waals surface area contributed by atoms with Crippen LogP contribution in [0.3, 0.4) is 0 Å². The predicted molar refractivity (Wildman–Crippen MR) is 48.4 cm³/mol. The van der Waals surface area contributed by atoms with E-state index < -0.39 is 6.09 Å². The quantitative estimate of drug-likeness (QED) is 0.550. The van der Waals surface area contributed by atoms with Crippen LogP contribution in [0.2, 0.25) is 0 Å². The van der Waals surface area contributed by atoms with Gasteiger partial charge in [0.05, 0.1) is 0 Å². The van der Waals surface area contributed by atoms with Crippen LogP contribution in [0.1, 0.15) is 0 Å². The monoisotopic (exact) mass is 198 g/mol. The molecule has 5 nitrogen and oxygen atoms in total. The zero-order valence-electron chi connectivity index (χ0n) is 8.47. The number of aromatic nitrogens is 1. The first kappa shape index (κ1) is 12.2. The van der Waals surface area contributed by atoms with Crippen LogP contribution in [-0.2, 0) is 7.05 Å². The molecule has 1 aromatic heterocycles. The van der Waals surface area contributed by atoms with Crippen LogP contribution in [-0.4, -0.2) is 30.2 Å². The highest BCUT2D eigenvalue weighted by atomic mass is 16.4. The van der Waals surface area contributed by atoms with Crippen molar-refractivity contribution in [3.63, 3.8) is 0 Å². The zero-order chi connectivity index (χ0) is 11.1. The molecule has 14 heavy (non-hydrogen) atoms. The molecule has 0 aliphatic carbocycles. The van der Waals surface area contributed by atoms with Crippen molar-refractivity contribution in [2.24, 2.45) is 7.05 Å². The fourth-order valence-corrected chi connectivity index (χ4v) is 0.572. The maximum Gasteiger partial charge on any atom is 0.210 e. The summed E-state index contributed by atoms with van der Waals surface area (Å²) in [5, 5.41) is 18.3. The summed E-state index contributed by atoms with van der Waals surface area (Å²) in [6.07, 6.45) is 2.34. The predicted octanol–water partition coefficient (Wildman–Crippen LogP) is -0.892. The van der Waals surface area contributed by atoms with E-state index in [1.165, 1.54) is 14.1 Å². The van der Waals surface area contributed by atoms with E-state index in [4.69, 9.17) is 5.11 Å². The number of aromatic hydroxyl groups is 1. The van der Waals surface area contributed by atoms with Gasteiger partial charge in [-0.05, 0) is 6.07 Å². The third-order valence-electron chi connectivity index (χ3n) is 1.29. The third kappa shape index (κ3) is 5.82. The van der Waals surface area contributed by atoms with Gasteiger partial charge in [-0.3, -0.25) is 0 Å². The molecule has 1 N–H and O–H groups in total. The smallest absolute Gasteiger partial charge is 0.210 e. The number of amides is 1. The minimum absolute atomic E-state index is 0.301. The topological polar surface area (TPSA) is 67.5 Å². The maximum atomic E-state index is 9.51. The molecular formula is C9H14N2O3. The molecule has 78 valence electrons. The molecule has 0 saturated carbocycles. The van der Waals surface area contributed by atoms with Crippen molar-refractivity contribution in [2.75, 3.05) is 14.1 Å². The number of hydrogen-bond acceptors (Lipinski definition) is 3. The van der Waals surface area contributed by atoms with Crippen LogP contribution >= 0.6 is 0 Å². The molecule has 0 aromatic carbocycles. The molecule has 1 rings (SSSR count). The molecule has 0 aliphatic rings.